The van der Waals surface area contributed by atoms with Crippen LogP contribution >= 0.6 is 0 Å². The van der Waals surface area contributed by atoms with Crippen LogP contribution in [0.15, 0.2) is 48.5 Å². The second-order valence-corrected chi connectivity index (χ2v) is 6.28. The first-order chi connectivity index (χ1) is 14.0. The van der Waals surface area contributed by atoms with Crippen molar-refractivity contribution in [3.63, 3.8) is 0 Å². The van der Waals surface area contributed by atoms with Gasteiger partial charge in [-0.05, 0) is 36.8 Å². The lowest BCUT2D eigenvalue weighted by Gasteiger charge is -2.23. The highest BCUT2D eigenvalue weighted by molar-refractivity contribution is 6.02. The Bertz CT molecular complexity index is 849. The SMILES string of the molecule is CCOC(=O)c1ccccc1N(CCC(=O)NCc1ccc(OC)cc1)C(C)=O. The standard InChI is InChI=1S/C22H26N2O5/c1-4-29-22(27)19-7-5-6-8-20(19)24(16(2)25)14-13-21(26)23-15-17-9-11-18(28-3)12-10-17/h5-12H,4,13-15H2,1-3H3,(H,23,26). The topological polar surface area (TPSA) is 84.9 Å². The molecule has 0 aliphatic heterocycles. The zero-order valence-corrected chi connectivity index (χ0v) is 16.9. The molecule has 1 N–H and O–H groups in total. The summed E-state index contributed by atoms with van der Waals surface area (Å²) in [5, 5.41) is 2.83. The van der Waals surface area contributed by atoms with Gasteiger partial charge < -0.3 is 19.7 Å². The molecule has 7 nitrogen and oxygen atoms in total. The number of benzene rings is 2. The molecule has 0 spiro atoms. The summed E-state index contributed by atoms with van der Waals surface area (Å²) in [6, 6.07) is 14.1. The Morgan fingerprint density at radius 2 is 1.72 bits per heavy atom. The van der Waals surface area contributed by atoms with Gasteiger partial charge in [0.2, 0.25) is 11.8 Å². The van der Waals surface area contributed by atoms with E-state index < -0.39 is 5.97 Å². The highest BCUT2D eigenvalue weighted by Crippen LogP contribution is 2.22. The minimum Gasteiger partial charge on any atom is -0.497 e. The summed E-state index contributed by atoms with van der Waals surface area (Å²) in [7, 11) is 1.59. The number of hydrogen-bond acceptors (Lipinski definition) is 5. The quantitative estimate of drug-likeness (QED) is 0.657. The second kappa shape index (κ2) is 10.8. The van der Waals surface area contributed by atoms with Gasteiger partial charge in [0.15, 0.2) is 0 Å². The predicted molar refractivity (Wildman–Crippen MR) is 110 cm³/mol. The summed E-state index contributed by atoms with van der Waals surface area (Å²) in [5.41, 5.74) is 1.67. The van der Waals surface area contributed by atoms with E-state index in [0.717, 1.165) is 11.3 Å². The Labute approximate surface area is 170 Å². The number of para-hydroxylation sites is 1. The van der Waals surface area contributed by atoms with Crippen LogP contribution in [0.4, 0.5) is 5.69 Å². The van der Waals surface area contributed by atoms with Gasteiger partial charge in [0.05, 0.1) is 25.0 Å². The first kappa shape index (κ1) is 21.9. The van der Waals surface area contributed by atoms with Crippen molar-refractivity contribution >= 4 is 23.5 Å². The number of nitrogens with one attached hydrogen (secondary N) is 1. The van der Waals surface area contributed by atoms with Gasteiger partial charge in [0, 0.05) is 26.4 Å². The van der Waals surface area contributed by atoms with E-state index in [-0.39, 0.29) is 31.4 Å². The Morgan fingerprint density at radius 1 is 1.03 bits per heavy atom. The minimum atomic E-state index is -0.502. The van der Waals surface area contributed by atoms with Gasteiger partial charge in [0.25, 0.3) is 0 Å². The van der Waals surface area contributed by atoms with E-state index in [1.54, 1.807) is 38.3 Å². The van der Waals surface area contributed by atoms with Crippen LogP contribution < -0.4 is 15.0 Å². The molecular weight excluding hydrogens is 372 g/mol. The molecule has 0 aliphatic rings. The van der Waals surface area contributed by atoms with Crippen molar-refractivity contribution in [2.24, 2.45) is 0 Å². The number of rotatable bonds is 9. The molecular formula is C22H26N2O5. The maximum atomic E-state index is 12.3. The molecule has 0 unspecified atom stereocenters. The molecule has 2 amide bonds. The van der Waals surface area contributed by atoms with Gasteiger partial charge >= 0.3 is 5.97 Å². The van der Waals surface area contributed by atoms with Crippen molar-refractivity contribution in [3.05, 3.63) is 59.7 Å². The Hall–Kier alpha value is -3.35. The van der Waals surface area contributed by atoms with Crippen LogP contribution in [0.25, 0.3) is 0 Å². The Morgan fingerprint density at radius 3 is 2.34 bits per heavy atom. The van der Waals surface area contributed by atoms with Crippen molar-refractivity contribution in [2.75, 3.05) is 25.2 Å². The van der Waals surface area contributed by atoms with Crippen molar-refractivity contribution < 1.29 is 23.9 Å². The molecule has 0 atom stereocenters. The number of ether oxygens (including phenoxy) is 2. The number of nitrogens with zero attached hydrogens (tertiary/aromatic N) is 1. The monoisotopic (exact) mass is 398 g/mol. The third-order valence-corrected chi connectivity index (χ3v) is 4.28. The zero-order chi connectivity index (χ0) is 21.2. The Kier molecular flexibility index (Phi) is 8.21. The molecule has 0 aliphatic carbocycles. The molecule has 154 valence electrons. The number of methoxy groups -OCH3 is 1. The summed E-state index contributed by atoms with van der Waals surface area (Å²) >= 11 is 0. The summed E-state index contributed by atoms with van der Waals surface area (Å²) in [6.45, 7) is 3.89. The lowest BCUT2D eigenvalue weighted by Crippen LogP contribution is -2.34. The van der Waals surface area contributed by atoms with Crippen LogP contribution in [0.3, 0.4) is 0 Å². The third-order valence-electron chi connectivity index (χ3n) is 4.28. The summed E-state index contributed by atoms with van der Waals surface area (Å²) < 4.78 is 10.2. The van der Waals surface area contributed by atoms with Crippen LogP contribution in [0.5, 0.6) is 5.75 Å². The maximum absolute atomic E-state index is 12.3. The van der Waals surface area contributed by atoms with E-state index in [9.17, 15) is 14.4 Å². The second-order valence-electron chi connectivity index (χ2n) is 6.28. The van der Waals surface area contributed by atoms with Crippen LogP contribution in [-0.4, -0.2) is 38.0 Å². The summed E-state index contributed by atoms with van der Waals surface area (Å²) in [6.07, 6.45) is 0.104. The van der Waals surface area contributed by atoms with Gasteiger partial charge in [0.1, 0.15) is 5.75 Å². The summed E-state index contributed by atoms with van der Waals surface area (Å²) in [4.78, 5) is 38.0. The number of anilines is 1. The first-order valence-electron chi connectivity index (χ1n) is 9.40. The van der Waals surface area contributed by atoms with Gasteiger partial charge in [-0.15, -0.1) is 0 Å². The van der Waals surface area contributed by atoms with Crippen LogP contribution in [0, 0.1) is 0 Å². The molecule has 0 fully saturated rings. The molecule has 0 bridgehead atoms. The fourth-order valence-corrected chi connectivity index (χ4v) is 2.78. The van der Waals surface area contributed by atoms with E-state index in [1.807, 2.05) is 24.3 Å². The number of carbonyl (C=O) groups is 3. The zero-order valence-electron chi connectivity index (χ0n) is 16.9. The van der Waals surface area contributed by atoms with E-state index in [4.69, 9.17) is 9.47 Å². The molecule has 7 heteroatoms. The van der Waals surface area contributed by atoms with Crippen LogP contribution in [0.2, 0.25) is 0 Å². The van der Waals surface area contributed by atoms with Gasteiger partial charge in [-0.1, -0.05) is 24.3 Å². The van der Waals surface area contributed by atoms with Crippen molar-refractivity contribution in [1.82, 2.24) is 5.32 Å². The van der Waals surface area contributed by atoms with E-state index in [1.165, 1.54) is 11.8 Å². The molecule has 2 rings (SSSR count). The van der Waals surface area contributed by atoms with Crippen molar-refractivity contribution in [2.45, 2.75) is 26.8 Å². The summed E-state index contributed by atoms with van der Waals surface area (Å²) in [5.74, 6) is -0.207. The molecule has 0 heterocycles. The van der Waals surface area contributed by atoms with Gasteiger partial charge in [-0.3, -0.25) is 9.59 Å². The lowest BCUT2D eigenvalue weighted by atomic mass is 10.1. The van der Waals surface area contributed by atoms with Gasteiger partial charge in [-0.2, -0.15) is 0 Å². The fourth-order valence-electron chi connectivity index (χ4n) is 2.78. The number of amides is 2. The minimum absolute atomic E-state index is 0.104. The number of hydrogen-bond donors (Lipinski definition) is 1. The molecule has 0 aromatic heterocycles. The first-order valence-corrected chi connectivity index (χ1v) is 9.40. The molecule has 29 heavy (non-hydrogen) atoms. The van der Waals surface area contributed by atoms with Crippen molar-refractivity contribution in [3.8, 4) is 5.75 Å². The normalized spacial score (nSPS) is 10.2. The number of carbonyl (C=O) groups excluding carboxylic acids is 3. The van der Waals surface area contributed by atoms with E-state index in [2.05, 4.69) is 5.32 Å². The number of esters is 1. The van der Waals surface area contributed by atoms with E-state index in [0.29, 0.717) is 17.8 Å². The lowest BCUT2D eigenvalue weighted by molar-refractivity contribution is -0.121. The molecule has 0 saturated carbocycles. The van der Waals surface area contributed by atoms with Crippen LogP contribution in [0.1, 0.15) is 36.2 Å². The molecule has 0 saturated heterocycles. The maximum Gasteiger partial charge on any atom is 0.340 e. The predicted octanol–water partition coefficient (Wildman–Crippen LogP) is 2.93. The molecule has 0 radical (unpaired) electrons. The molecule has 2 aromatic rings. The van der Waals surface area contributed by atoms with Gasteiger partial charge in [-0.25, -0.2) is 4.79 Å². The third kappa shape index (κ3) is 6.34. The fraction of sp³-hybridized carbons (Fsp3) is 0.318. The molecule has 2 aromatic carbocycles. The van der Waals surface area contributed by atoms with E-state index >= 15 is 0 Å². The van der Waals surface area contributed by atoms with Crippen LogP contribution in [-0.2, 0) is 20.9 Å². The smallest absolute Gasteiger partial charge is 0.340 e. The Balaban J connectivity index is 1.99. The van der Waals surface area contributed by atoms with Crippen molar-refractivity contribution in [1.29, 1.82) is 0 Å². The average Bonchev–Trinajstić information content (AvgIpc) is 2.73. The highest BCUT2D eigenvalue weighted by Gasteiger charge is 2.20. The average molecular weight is 398 g/mol. The largest absolute Gasteiger partial charge is 0.497 e. The highest BCUT2D eigenvalue weighted by atomic mass is 16.5.